The molecule has 47 heavy (non-hydrogen) atoms. The zero-order valence-corrected chi connectivity index (χ0v) is 30.0. The number of nitrogens with one attached hydrogen (secondary N) is 1. The Bertz CT molecular complexity index is 1600. The maximum atomic E-state index is 9.85. The van der Waals surface area contributed by atoms with Crippen LogP contribution in [0.15, 0.2) is 134 Å². The largest absolute Gasteiger partial charge is 0.336 e. The van der Waals surface area contributed by atoms with Crippen molar-refractivity contribution in [3.8, 4) is 6.07 Å². The van der Waals surface area contributed by atoms with E-state index in [1.807, 2.05) is 71.0 Å². The van der Waals surface area contributed by atoms with Crippen molar-refractivity contribution in [1.29, 1.82) is 5.26 Å². The molecule has 0 saturated carbocycles. The van der Waals surface area contributed by atoms with Crippen LogP contribution in [0.4, 0.5) is 5.13 Å². The van der Waals surface area contributed by atoms with E-state index in [1.165, 1.54) is 16.7 Å². The minimum atomic E-state index is -0.380. The minimum absolute atomic E-state index is 0.329. The molecule has 0 fully saturated rings. The summed E-state index contributed by atoms with van der Waals surface area (Å²) in [5.41, 5.74) is 7.57. The summed E-state index contributed by atoms with van der Waals surface area (Å²) in [6.07, 6.45) is 23.5. The van der Waals surface area contributed by atoms with Gasteiger partial charge in [0.25, 0.3) is 0 Å². The van der Waals surface area contributed by atoms with Crippen LogP contribution >= 0.6 is 11.3 Å². The van der Waals surface area contributed by atoms with Crippen LogP contribution in [-0.2, 0) is 11.8 Å². The molecule has 2 heterocycles. The molecule has 1 aromatic carbocycles. The average Bonchev–Trinajstić information content (AvgIpc) is 3.54. The molecule has 2 aromatic heterocycles. The first-order valence-electron chi connectivity index (χ1n) is 16.7. The Morgan fingerprint density at radius 2 is 1.85 bits per heavy atom. The number of aromatic nitrogens is 2. The van der Waals surface area contributed by atoms with Crippen LogP contribution in [0, 0.1) is 17.2 Å². The standard InChI is InChI=1S/C19H21N3S.C19H19N.2C2H6/c1-4-5-7-16(17-10-12-20-13-11-17)8-6-9-18-14-23-19(22-18)21-15(2)3;1-14-8-4-3-7-11-19(13-20)12-15(2)18(14)16-9-5-6-10-17(16)19;2*1-2/h4-5,7-8,10-14H,1-2,6,9H2,3H3,(H,21,22);3-10,15,18H,1,11-12H2,2H3;2*1-2H3/b7-5-,16-8+;7-3-,8-4-;;. The molecule has 2 aliphatic carbocycles. The molecule has 0 aliphatic heterocycles. The minimum Gasteiger partial charge on any atom is -0.336 e. The van der Waals surface area contributed by atoms with Gasteiger partial charge in [-0.05, 0) is 78.5 Å². The van der Waals surface area contributed by atoms with E-state index in [-0.39, 0.29) is 5.41 Å². The zero-order valence-electron chi connectivity index (χ0n) is 29.2. The van der Waals surface area contributed by atoms with Crippen molar-refractivity contribution in [2.24, 2.45) is 5.92 Å². The fourth-order valence-electron chi connectivity index (χ4n) is 5.86. The molecule has 0 saturated heterocycles. The predicted molar refractivity (Wildman–Crippen MR) is 205 cm³/mol. The number of hydrogen-bond donors (Lipinski definition) is 1. The highest BCUT2D eigenvalue weighted by molar-refractivity contribution is 7.13. The van der Waals surface area contributed by atoms with Gasteiger partial charge in [-0.3, -0.25) is 4.98 Å². The van der Waals surface area contributed by atoms with Crippen molar-refractivity contribution < 1.29 is 0 Å². The number of anilines is 1. The monoisotopic (exact) mass is 644 g/mol. The molecule has 1 N–H and O–H groups in total. The molecule has 0 spiro atoms. The summed E-state index contributed by atoms with van der Waals surface area (Å²) in [5, 5.41) is 16.0. The van der Waals surface area contributed by atoms with Gasteiger partial charge in [0.15, 0.2) is 5.13 Å². The number of nitriles is 1. The van der Waals surface area contributed by atoms with E-state index >= 15 is 0 Å². The molecule has 246 valence electrons. The summed E-state index contributed by atoms with van der Waals surface area (Å²) in [6, 6.07) is 15.1. The summed E-state index contributed by atoms with van der Waals surface area (Å²) >= 11 is 1.61. The SMILES string of the molecule is C=C/C=C\C(=C/CCc1csc(NC(=C)C)n1)c1ccncc1.C=C1/C=C\C=C/CC2(C#N)CC(C)C1c1ccccc12.CC.CC. The molecule has 3 unspecified atom stereocenters. The first-order chi connectivity index (χ1) is 22.9. The first-order valence-corrected chi connectivity index (χ1v) is 17.5. The molecular weight excluding hydrogens is 593 g/mol. The average molecular weight is 645 g/mol. The Kier molecular flexibility index (Phi) is 16.9. The van der Waals surface area contributed by atoms with Gasteiger partial charge < -0.3 is 5.32 Å². The number of rotatable bonds is 8. The normalized spacial score (nSPS) is 20.8. The number of fused-ring (bicyclic) bond motifs is 6. The highest BCUT2D eigenvalue weighted by atomic mass is 32.1. The molecule has 0 radical (unpaired) electrons. The Morgan fingerprint density at radius 3 is 2.53 bits per heavy atom. The van der Waals surface area contributed by atoms with Gasteiger partial charge in [0.1, 0.15) is 0 Å². The Hall–Kier alpha value is -4.53. The number of hydrogen-bond acceptors (Lipinski definition) is 5. The fourth-order valence-corrected chi connectivity index (χ4v) is 6.69. The number of aryl methyl sites for hydroxylation is 1. The molecular formula is C42H52N4S. The molecule has 5 rings (SSSR count). The highest BCUT2D eigenvalue weighted by Gasteiger charge is 2.43. The van der Waals surface area contributed by atoms with Crippen LogP contribution in [0.3, 0.4) is 0 Å². The van der Waals surface area contributed by atoms with Crippen LogP contribution < -0.4 is 5.32 Å². The third-order valence-corrected chi connectivity index (χ3v) is 8.56. The van der Waals surface area contributed by atoms with Crippen molar-refractivity contribution >= 4 is 22.0 Å². The van der Waals surface area contributed by atoms with Crippen molar-refractivity contribution in [3.05, 3.63) is 156 Å². The van der Waals surface area contributed by atoms with E-state index in [4.69, 9.17) is 0 Å². The van der Waals surface area contributed by atoms with Gasteiger partial charge in [0, 0.05) is 29.4 Å². The van der Waals surface area contributed by atoms with Crippen molar-refractivity contribution in [2.75, 3.05) is 5.32 Å². The zero-order chi connectivity index (χ0) is 34.7. The lowest BCUT2D eigenvalue weighted by atomic mass is 9.60. The lowest BCUT2D eigenvalue weighted by Gasteiger charge is -2.41. The molecule has 4 nitrogen and oxygen atoms in total. The molecule has 3 atom stereocenters. The molecule has 2 bridgehead atoms. The summed E-state index contributed by atoms with van der Waals surface area (Å²) in [6.45, 7) is 24.0. The lowest BCUT2D eigenvalue weighted by molar-refractivity contribution is 0.337. The number of allylic oxidation sites excluding steroid dienone is 11. The van der Waals surface area contributed by atoms with Crippen LogP contribution in [-0.4, -0.2) is 9.97 Å². The van der Waals surface area contributed by atoms with Gasteiger partial charge in [0.05, 0.1) is 17.2 Å². The number of benzene rings is 1. The molecule has 3 aromatic rings. The van der Waals surface area contributed by atoms with Gasteiger partial charge in [-0.1, -0.05) is 127 Å². The van der Waals surface area contributed by atoms with E-state index < -0.39 is 0 Å². The third kappa shape index (κ3) is 11.0. The summed E-state index contributed by atoms with van der Waals surface area (Å²) in [7, 11) is 0. The molecule has 5 heteroatoms. The first kappa shape index (κ1) is 38.7. The second kappa shape index (κ2) is 20.6. The Morgan fingerprint density at radius 1 is 1.13 bits per heavy atom. The van der Waals surface area contributed by atoms with E-state index in [1.54, 1.807) is 29.8 Å². The number of thiazole rings is 1. The highest BCUT2D eigenvalue weighted by Crippen LogP contribution is 2.50. The van der Waals surface area contributed by atoms with Crippen LogP contribution in [0.5, 0.6) is 0 Å². The second-order valence-corrected chi connectivity index (χ2v) is 11.9. The second-order valence-electron chi connectivity index (χ2n) is 11.1. The van der Waals surface area contributed by atoms with Gasteiger partial charge in [-0.2, -0.15) is 5.26 Å². The summed E-state index contributed by atoms with van der Waals surface area (Å²) in [5.74, 6) is 0.767. The lowest BCUT2D eigenvalue weighted by Crippen LogP contribution is -2.35. The van der Waals surface area contributed by atoms with Crippen molar-refractivity contribution in [3.63, 3.8) is 0 Å². The van der Waals surface area contributed by atoms with E-state index in [0.29, 0.717) is 11.8 Å². The predicted octanol–water partition coefficient (Wildman–Crippen LogP) is 11.9. The van der Waals surface area contributed by atoms with Crippen LogP contribution in [0.1, 0.15) is 89.1 Å². The fraction of sp³-hybridized carbons (Fsp3) is 0.310. The van der Waals surface area contributed by atoms with Gasteiger partial charge >= 0.3 is 0 Å². The van der Waals surface area contributed by atoms with Crippen LogP contribution in [0.25, 0.3) is 5.57 Å². The van der Waals surface area contributed by atoms with Gasteiger partial charge in [-0.15, -0.1) is 11.3 Å². The van der Waals surface area contributed by atoms with Crippen molar-refractivity contribution in [1.82, 2.24) is 9.97 Å². The summed E-state index contributed by atoms with van der Waals surface area (Å²) in [4.78, 5) is 8.62. The summed E-state index contributed by atoms with van der Waals surface area (Å²) < 4.78 is 0. The van der Waals surface area contributed by atoms with E-state index in [9.17, 15) is 5.26 Å². The van der Waals surface area contributed by atoms with Gasteiger partial charge in [-0.25, -0.2) is 4.98 Å². The topological polar surface area (TPSA) is 61.6 Å². The molecule has 0 amide bonds. The Labute approximate surface area is 288 Å². The number of nitrogens with zero attached hydrogens (tertiary/aromatic N) is 3. The number of pyridine rings is 1. The van der Waals surface area contributed by atoms with Crippen molar-refractivity contribution in [2.45, 2.75) is 78.6 Å². The smallest absolute Gasteiger partial charge is 0.187 e. The third-order valence-electron chi connectivity index (χ3n) is 7.75. The molecule has 2 aliphatic rings. The maximum absolute atomic E-state index is 9.85. The van der Waals surface area contributed by atoms with Gasteiger partial charge in [0.2, 0.25) is 0 Å². The van der Waals surface area contributed by atoms with E-state index in [0.717, 1.165) is 53.3 Å². The van der Waals surface area contributed by atoms with Crippen LogP contribution in [0.2, 0.25) is 0 Å². The van der Waals surface area contributed by atoms with E-state index in [2.05, 4.69) is 95.9 Å². The Balaban J connectivity index is 0.000000297. The maximum Gasteiger partial charge on any atom is 0.187 e. The quantitative estimate of drug-likeness (QED) is 0.248.